The molecule has 21 heavy (non-hydrogen) atoms. The van der Waals surface area contributed by atoms with Gasteiger partial charge in [-0.1, -0.05) is 36.2 Å². The minimum Gasteiger partial charge on any atom is -0.492 e. The third kappa shape index (κ3) is 4.51. The van der Waals surface area contributed by atoms with Crippen molar-refractivity contribution in [2.24, 2.45) is 0 Å². The smallest absolute Gasteiger partial charge is 0.142 e. The summed E-state index contributed by atoms with van der Waals surface area (Å²) in [5, 5.41) is 3.86. The van der Waals surface area contributed by atoms with E-state index in [-0.39, 0.29) is 5.02 Å². The molecule has 2 aromatic rings. The molecule has 0 aromatic heterocycles. The predicted octanol–water partition coefficient (Wildman–Crippen LogP) is 5.53. The van der Waals surface area contributed by atoms with Crippen LogP contribution in [0.3, 0.4) is 0 Å². The van der Waals surface area contributed by atoms with Crippen LogP contribution in [0.15, 0.2) is 36.4 Å². The lowest BCUT2D eigenvalue weighted by Crippen LogP contribution is -2.01. The molecule has 0 heterocycles. The van der Waals surface area contributed by atoms with Crippen LogP contribution in [0, 0.1) is 5.82 Å². The molecule has 112 valence electrons. The van der Waals surface area contributed by atoms with Gasteiger partial charge >= 0.3 is 0 Å². The van der Waals surface area contributed by atoms with Gasteiger partial charge in [-0.05, 0) is 42.3 Å². The zero-order valence-electron chi connectivity index (χ0n) is 11.6. The molecule has 1 N–H and O–H groups in total. The number of hydrogen-bond acceptors (Lipinski definition) is 2. The molecular weight excluding hydrogens is 312 g/mol. The number of hydrogen-bond donors (Lipinski definition) is 1. The van der Waals surface area contributed by atoms with Crippen molar-refractivity contribution in [2.75, 3.05) is 11.9 Å². The number of anilines is 1. The lowest BCUT2D eigenvalue weighted by molar-refractivity contribution is 0.317. The summed E-state index contributed by atoms with van der Waals surface area (Å²) < 4.78 is 18.9. The maximum atomic E-state index is 13.3. The van der Waals surface area contributed by atoms with E-state index in [1.165, 1.54) is 6.07 Å². The number of halogens is 3. The third-order valence-electron chi connectivity index (χ3n) is 2.87. The standard InChI is InChI=1S/C16H16Cl2FNO/c1-2-7-21-16-6-4-12(9-14(16)18)20-10-11-3-5-13(17)15(19)8-11/h3-6,8-9,20H,2,7,10H2,1H3. The van der Waals surface area contributed by atoms with Crippen LogP contribution in [0.4, 0.5) is 10.1 Å². The molecule has 0 aliphatic carbocycles. The maximum Gasteiger partial charge on any atom is 0.142 e. The quantitative estimate of drug-likeness (QED) is 0.752. The van der Waals surface area contributed by atoms with Gasteiger partial charge in [-0.25, -0.2) is 4.39 Å². The molecule has 0 spiro atoms. The first-order valence-electron chi connectivity index (χ1n) is 6.70. The Bertz CT molecular complexity index is 619. The van der Waals surface area contributed by atoms with Crippen LogP contribution in [-0.2, 0) is 6.54 Å². The van der Waals surface area contributed by atoms with Gasteiger partial charge in [0.15, 0.2) is 0 Å². The molecule has 0 saturated heterocycles. The predicted molar refractivity (Wildman–Crippen MR) is 86.0 cm³/mol. The topological polar surface area (TPSA) is 21.3 Å². The molecule has 2 nitrogen and oxygen atoms in total. The first kappa shape index (κ1) is 15.9. The minimum atomic E-state index is -0.419. The van der Waals surface area contributed by atoms with E-state index in [9.17, 15) is 4.39 Å². The van der Waals surface area contributed by atoms with E-state index < -0.39 is 5.82 Å². The van der Waals surface area contributed by atoms with Gasteiger partial charge in [0.2, 0.25) is 0 Å². The van der Waals surface area contributed by atoms with E-state index in [0.29, 0.717) is 23.9 Å². The zero-order chi connectivity index (χ0) is 15.2. The molecule has 0 bridgehead atoms. The average molecular weight is 328 g/mol. The van der Waals surface area contributed by atoms with E-state index in [1.54, 1.807) is 18.2 Å². The molecular formula is C16H16Cl2FNO. The molecule has 2 rings (SSSR count). The van der Waals surface area contributed by atoms with Crippen LogP contribution >= 0.6 is 23.2 Å². The van der Waals surface area contributed by atoms with Gasteiger partial charge in [0, 0.05) is 12.2 Å². The first-order chi connectivity index (χ1) is 10.1. The molecule has 0 unspecified atom stereocenters. The fourth-order valence-electron chi connectivity index (χ4n) is 1.79. The highest BCUT2D eigenvalue weighted by molar-refractivity contribution is 6.32. The van der Waals surface area contributed by atoms with Crippen molar-refractivity contribution in [3.63, 3.8) is 0 Å². The van der Waals surface area contributed by atoms with Crippen molar-refractivity contribution < 1.29 is 9.13 Å². The highest BCUT2D eigenvalue weighted by atomic mass is 35.5. The average Bonchev–Trinajstić information content (AvgIpc) is 2.47. The van der Waals surface area contributed by atoms with Crippen molar-refractivity contribution in [1.29, 1.82) is 0 Å². The van der Waals surface area contributed by atoms with Crippen LogP contribution in [0.25, 0.3) is 0 Å². The Kier molecular flexibility index (Phi) is 5.71. The normalized spacial score (nSPS) is 10.5. The van der Waals surface area contributed by atoms with Crippen LogP contribution in [-0.4, -0.2) is 6.61 Å². The Balaban J connectivity index is 1.99. The largest absolute Gasteiger partial charge is 0.492 e. The van der Waals surface area contributed by atoms with Gasteiger partial charge in [-0.3, -0.25) is 0 Å². The van der Waals surface area contributed by atoms with Crippen molar-refractivity contribution in [1.82, 2.24) is 0 Å². The Hall–Kier alpha value is -1.45. The molecule has 0 aliphatic heterocycles. The van der Waals surface area contributed by atoms with Gasteiger partial charge in [-0.2, -0.15) is 0 Å². The molecule has 0 amide bonds. The molecule has 0 radical (unpaired) electrons. The SMILES string of the molecule is CCCOc1ccc(NCc2ccc(Cl)c(F)c2)cc1Cl. The summed E-state index contributed by atoms with van der Waals surface area (Å²) in [7, 11) is 0. The number of ether oxygens (including phenoxy) is 1. The molecule has 0 atom stereocenters. The molecule has 0 fully saturated rings. The molecule has 0 aliphatic rings. The second-order valence-electron chi connectivity index (χ2n) is 4.60. The Morgan fingerprint density at radius 1 is 1.10 bits per heavy atom. The fourth-order valence-corrected chi connectivity index (χ4v) is 2.15. The van der Waals surface area contributed by atoms with Gasteiger partial charge in [0.1, 0.15) is 11.6 Å². The van der Waals surface area contributed by atoms with Crippen LogP contribution in [0.1, 0.15) is 18.9 Å². The molecule has 2 aromatic carbocycles. The lowest BCUT2D eigenvalue weighted by Gasteiger charge is -2.11. The summed E-state index contributed by atoms with van der Waals surface area (Å²) in [6.07, 6.45) is 0.929. The van der Waals surface area contributed by atoms with E-state index in [1.807, 2.05) is 19.1 Å². The Labute approximate surface area is 133 Å². The van der Waals surface area contributed by atoms with E-state index in [0.717, 1.165) is 17.7 Å². The second-order valence-corrected chi connectivity index (χ2v) is 5.41. The van der Waals surface area contributed by atoms with Crippen LogP contribution < -0.4 is 10.1 Å². The zero-order valence-corrected chi connectivity index (χ0v) is 13.1. The highest BCUT2D eigenvalue weighted by Crippen LogP contribution is 2.28. The molecule has 0 saturated carbocycles. The Morgan fingerprint density at radius 3 is 2.57 bits per heavy atom. The van der Waals surface area contributed by atoms with E-state index in [4.69, 9.17) is 27.9 Å². The highest BCUT2D eigenvalue weighted by Gasteiger charge is 2.04. The maximum absolute atomic E-state index is 13.3. The third-order valence-corrected chi connectivity index (χ3v) is 3.48. The van der Waals surface area contributed by atoms with Crippen molar-refractivity contribution in [3.8, 4) is 5.75 Å². The van der Waals surface area contributed by atoms with Crippen LogP contribution in [0.5, 0.6) is 5.75 Å². The van der Waals surface area contributed by atoms with E-state index in [2.05, 4.69) is 5.32 Å². The molecule has 5 heteroatoms. The number of benzene rings is 2. The van der Waals surface area contributed by atoms with Gasteiger partial charge < -0.3 is 10.1 Å². The summed E-state index contributed by atoms with van der Waals surface area (Å²) in [4.78, 5) is 0. The van der Waals surface area contributed by atoms with Gasteiger partial charge in [0.05, 0.1) is 16.7 Å². The Morgan fingerprint density at radius 2 is 1.90 bits per heavy atom. The summed E-state index contributed by atoms with van der Waals surface area (Å²) in [6.45, 7) is 3.16. The summed E-state index contributed by atoms with van der Waals surface area (Å²) in [6, 6.07) is 10.2. The monoisotopic (exact) mass is 327 g/mol. The van der Waals surface area contributed by atoms with Crippen molar-refractivity contribution in [3.05, 3.63) is 57.8 Å². The van der Waals surface area contributed by atoms with Gasteiger partial charge in [0.25, 0.3) is 0 Å². The lowest BCUT2D eigenvalue weighted by atomic mass is 10.2. The minimum absolute atomic E-state index is 0.124. The van der Waals surface area contributed by atoms with Crippen molar-refractivity contribution >= 4 is 28.9 Å². The first-order valence-corrected chi connectivity index (χ1v) is 7.46. The summed E-state index contributed by atoms with van der Waals surface area (Å²) in [5.41, 5.74) is 1.65. The summed E-state index contributed by atoms with van der Waals surface area (Å²) in [5.74, 6) is 0.249. The second kappa shape index (κ2) is 7.53. The fraction of sp³-hybridized carbons (Fsp3) is 0.250. The van der Waals surface area contributed by atoms with Crippen molar-refractivity contribution in [2.45, 2.75) is 19.9 Å². The van der Waals surface area contributed by atoms with Gasteiger partial charge in [-0.15, -0.1) is 0 Å². The number of nitrogens with one attached hydrogen (secondary N) is 1. The summed E-state index contributed by atoms with van der Waals surface area (Å²) >= 11 is 11.8. The van der Waals surface area contributed by atoms with Crippen LogP contribution in [0.2, 0.25) is 10.0 Å². The number of rotatable bonds is 6. The van der Waals surface area contributed by atoms with E-state index >= 15 is 0 Å².